The summed E-state index contributed by atoms with van der Waals surface area (Å²) < 4.78 is 30.3. The lowest BCUT2D eigenvalue weighted by Crippen LogP contribution is -2.62. The maximum Gasteiger partial charge on any atom is 0.315 e. The zero-order chi connectivity index (χ0) is 37.0. The van der Waals surface area contributed by atoms with Crippen LogP contribution in [0.4, 0.5) is 4.79 Å². The molecule has 48 heavy (non-hydrogen) atoms. The summed E-state index contributed by atoms with van der Waals surface area (Å²) in [5.41, 5.74) is -1.50. The van der Waals surface area contributed by atoms with Crippen molar-refractivity contribution in [1.82, 2.24) is 30.5 Å². The molecule has 4 N–H and O–H groups in total. The number of likely N-dealkylation sites (tertiary alicyclic amines) is 1. The number of hydrogen-bond donors (Lipinski definition) is 4. The summed E-state index contributed by atoms with van der Waals surface area (Å²) in [6.45, 7) is 17.8. The molecule has 2 rings (SSSR count). The first kappa shape index (κ1) is 41.4. The summed E-state index contributed by atoms with van der Waals surface area (Å²) in [7, 11) is -0.585. The second-order valence-electron chi connectivity index (χ2n) is 16.1. The molecule has 276 valence electrons. The molecule has 15 heteroatoms. The highest BCUT2D eigenvalue weighted by molar-refractivity contribution is 7.88. The summed E-state index contributed by atoms with van der Waals surface area (Å²) in [6, 6.07) is -4.21. The van der Waals surface area contributed by atoms with Gasteiger partial charge in [0, 0.05) is 39.8 Å². The summed E-state index contributed by atoms with van der Waals surface area (Å²) in [5, 5.41) is 11.0. The molecule has 0 aromatic carbocycles. The van der Waals surface area contributed by atoms with Crippen LogP contribution in [0.2, 0.25) is 0 Å². The number of unbranched alkanes of at least 4 members (excludes halogenated alkanes) is 1. The van der Waals surface area contributed by atoms with Crippen LogP contribution in [0.3, 0.4) is 0 Å². The van der Waals surface area contributed by atoms with Gasteiger partial charge in [0.05, 0.1) is 18.9 Å². The van der Waals surface area contributed by atoms with Gasteiger partial charge in [-0.3, -0.25) is 19.2 Å². The Morgan fingerprint density at radius 1 is 1.00 bits per heavy atom. The number of nitrogens with one attached hydrogen (secondary N) is 4. The number of urea groups is 1. The van der Waals surface area contributed by atoms with Crippen LogP contribution in [0.5, 0.6) is 0 Å². The summed E-state index contributed by atoms with van der Waals surface area (Å²) in [4.78, 5) is 69.1. The number of carbonyl (C=O) groups excluding carboxylic acids is 5. The molecule has 0 aromatic rings. The van der Waals surface area contributed by atoms with E-state index in [1.54, 1.807) is 0 Å². The van der Waals surface area contributed by atoms with Gasteiger partial charge in [0.1, 0.15) is 12.1 Å². The Morgan fingerprint density at radius 3 is 2.10 bits per heavy atom. The average molecular weight is 701 g/mol. The number of likely N-dealkylation sites (N-methyl/N-ethyl adjacent to an activating group) is 1. The van der Waals surface area contributed by atoms with E-state index in [4.69, 9.17) is 4.74 Å². The number of nitrogens with zero attached hydrogens (tertiary/aromatic N) is 2. The first-order valence-electron chi connectivity index (χ1n) is 16.8. The maximum atomic E-state index is 14.3. The molecular weight excluding hydrogens is 640 g/mol. The van der Waals surface area contributed by atoms with Gasteiger partial charge < -0.3 is 30.9 Å². The van der Waals surface area contributed by atoms with Crippen LogP contribution in [0, 0.1) is 28.1 Å². The smallest absolute Gasteiger partial charge is 0.315 e. The van der Waals surface area contributed by atoms with E-state index in [-0.39, 0.29) is 43.4 Å². The number of ether oxygens (including phenoxy) is 1. The number of amides is 5. The number of hydrogen-bond acceptors (Lipinski definition) is 8. The molecule has 2 aliphatic rings. The molecule has 2 fully saturated rings. The van der Waals surface area contributed by atoms with Crippen LogP contribution in [0.1, 0.15) is 81.6 Å². The molecule has 5 amide bonds. The van der Waals surface area contributed by atoms with Crippen LogP contribution in [-0.2, 0) is 33.9 Å². The lowest BCUT2D eigenvalue weighted by atomic mass is 9.85. The average Bonchev–Trinajstić information content (AvgIpc) is 3.27. The molecule has 1 unspecified atom stereocenters. The highest BCUT2D eigenvalue weighted by Gasteiger charge is 2.70. The van der Waals surface area contributed by atoms with Crippen LogP contribution < -0.4 is 21.3 Å². The van der Waals surface area contributed by atoms with E-state index in [0.717, 1.165) is 12.7 Å². The monoisotopic (exact) mass is 700 g/mol. The van der Waals surface area contributed by atoms with Crippen molar-refractivity contribution >= 4 is 39.6 Å². The fourth-order valence-electron chi connectivity index (χ4n) is 6.33. The summed E-state index contributed by atoms with van der Waals surface area (Å²) in [5.74, 6) is -2.62. The van der Waals surface area contributed by atoms with Gasteiger partial charge >= 0.3 is 6.03 Å². The highest BCUT2D eigenvalue weighted by Crippen LogP contribution is 2.65. The van der Waals surface area contributed by atoms with E-state index >= 15 is 0 Å². The number of ketones is 1. The Kier molecular flexibility index (Phi) is 13.7. The molecule has 6 atom stereocenters. The van der Waals surface area contributed by atoms with E-state index in [1.165, 1.54) is 23.4 Å². The van der Waals surface area contributed by atoms with Gasteiger partial charge in [-0.05, 0) is 34.5 Å². The summed E-state index contributed by atoms with van der Waals surface area (Å²) >= 11 is 0. The Bertz CT molecular complexity index is 1310. The van der Waals surface area contributed by atoms with Crippen molar-refractivity contribution in [1.29, 1.82) is 0 Å². The molecule has 1 aliphatic carbocycles. The number of piperidine rings is 1. The molecule has 1 saturated heterocycles. The molecule has 0 spiro atoms. The minimum Gasteiger partial charge on any atom is -0.383 e. The number of methoxy groups -OCH3 is 1. The van der Waals surface area contributed by atoms with Crippen molar-refractivity contribution in [2.45, 2.75) is 106 Å². The Morgan fingerprint density at radius 2 is 1.60 bits per heavy atom. The lowest BCUT2D eigenvalue weighted by Gasteiger charge is -2.39. The SMILES string of the molecule is CCCCC(NC(=O)[C@@H]1[C@@H]2[C@H](CN1C(=O)[C@@H](NC(=O)N[C@H](CN(C)S(C)(=O)=O)C(C)(C)C)C(C)(C)C)C2(C)C)C(=O)C(=O)NCCOC. The maximum absolute atomic E-state index is 14.3. The van der Waals surface area contributed by atoms with Crippen molar-refractivity contribution in [3.05, 3.63) is 0 Å². The molecular formula is C33H60N6O8S. The number of rotatable bonds is 16. The quantitative estimate of drug-likeness (QED) is 0.138. The minimum absolute atomic E-state index is 0.0268. The van der Waals surface area contributed by atoms with E-state index in [0.29, 0.717) is 13.0 Å². The fourth-order valence-corrected chi connectivity index (χ4v) is 6.75. The van der Waals surface area contributed by atoms with E-state index in [1.807, 2.05) is 62.3 Å². The molecule has 0 bridgehead atoms. The molecule has 14 nitrogen and oxygen atoms in total. The number of sulfonamides is 1. The third-order valence-electron chi connectivity index (χ3n) is 9.80. The van der Waals surface area contributed by atoms with Crippen molar-refractivity contribution in [2.75, 3.05) is 46.7 Å². The largest absolute Gasteiger partial charge is 0.383 e. The number of fused-ring (bicyclic) bond motifs is 1. The number of carbonyl (C=O) groups is 5. The van der Waals surface area contributed by atoms with Gasteiger partial charge in [-0.25, -0.2) is 17.5 Å². The van der Waals surface area contributed by atoms with Crippen molar-refractivity contribution in [3.63, 3.8) is 0 Å². The number of Topliss-reactive ketones (excluding diaryl/α,β-unsaturated/α-hetero) is 1. The van der Waals surface area contributed by atoms with Crippen molar-refractivity contribution in [2.24, 2.45) is 28.1 Å². The van der Waals surface area contributed by atoms with Gasteiger partial charge in [0.2, 0.25) is 27.6 Å². The van der Waals surface area contributed by atoms with Crippen LogP contribution in [0.15, 0.2) is 0 Å². The molecule has 0 radical (unpaired) electrons. The summed E-state index contributed by atoms with van der Waals surface area (Å²) in [6.07, 6.45) is 2.72. The van der Waals surface area contributed by atoms with Crippen LogP contribution in [-0.4, -0.2) is 118 Å². The van der Waals surface area contributed by atoms with Crippen LogP contribution in [0.25, 0.3) is 0 Å². The zero-order valence-corrected chi connectivity index (χ0v) is 31.8. The van der Waals surface area contributed by atoms with Crippen molar-refractivity contribution in [3.8, 4) is 0 Å². The normalized spacial score (nSPS) is 22.3. The fraction of sp³-hybridized carbons (Fsp3) is 0.848. The van der Waals surface area contributed by atoms with Gasteiger partial charge in [-0.1, -0.05) is 75.2 Å². The topological polar surface area (TPSA) is 183 Å². The third-order valence-corrected chi connectivity index (χ3v) is 11.1. The highest BCUT2D eigenvalue weighted by atomic mass is 32.2. The lowest BCUT2D eigenvalue weighted by molar-refractivity contribution is -0.145. The first-order valence-corrected chi connectivity index (χ1v) is 18.6. The first-order chi connectivity index (χ1) is 21.9. The van der Waals surface area contributed by atoms with Gasteiger partial charge in [-0.15, -0.1) is 0 Å². The van der Waals surface area contributed by atoms with Gasteiger partial charge in [0.25, 0.3) is 5.91 Å². The third kappa shape index (κ3) is 10.4. The van der Waals surface area contributed by atoms with Gasteiger partial charge in [0.15, 0.2) is 0 Å². The molecule has 1 saturated carbocycles. The van der Waals surface area contributed by atoms with Crippen LogP contribution >= 0.6 is 0 Å². The Labute approximate surface area is 287 Å². The standard InChI is InChI=1S/C33H60N6O8S/c1-13-14-15-21(25(40)28(42)34-16-17-47-11)35-27(41)24-23-20(33(23,8)9)18-39(24)29(43)26(32(5,6)7)37-30(44)36-22(31(2,3)4)19-38(10)48(12,45)46/h20-24,26H,13-19H2,1-12H3,(H,34,42)(H,35,41)(H2,36,37,44)/t20-,21?,22+,23-,24-,26+/m0/s1. The second-order valence-corrected chi connectivity index (χ2v) is 18.2. The predicted molar refractivity (Wildman–Crippen MR) is 183 cm³/mol. The van der Waals surface area contributed by atoms with E-state index in [2.05, 4.69) is 21.3 Å². The van der Waals surface area contributed by atoms with E-state index < -0.39 is 74.6 Å². The second kappa shape index (κ2) is 15.8. The Balaban J connectivity index is 2.33. The van der Waals surface area contributed by atoms with Crippen molar-refractivity contribution < 1.29 is 37.1 Å². The zero-order valence-electron chi connectivity index (χ0n) is 31.0. The molecule has 1 aliphatic heterocycles. The minimum atomic E-state index is -3.51. The Hall–Kier alpha value is -2.78. The van der Waals surface area contributed by atoms with E-state index in [9.17, 15) is 32.4 Å². The predicted octanol–water partition coefficient (Wildman–Crippen LogP) is 1.50. The molecule has 1 heterocycles. The molecule has 0 aromatic heterocycles. The van der Waals surface area contributed by atoms with Gasteiger partial charge in [-0.2, -0.15) is 0 Å².